The summed E-state index contributed by atoms with van der Waals surface area (Å²) < 4.78 is 13.4. The van der Waals surface area contributed by atoms with Gasteiger partial charge in [0.15, 0.2) is 0 Å². The number of halogens is 1. The molecule has 0 aliphatic carbocycles. The molecule has 0 aliphatic rings. The molecular formula is C15H24FN. The molecule has 0 bridgehead atoms. The maximum Gasteiger partial charge on any atom is 0.127 e. The number of benzene rings is 1. The Balaban J connectivity index is 2.28. The Kier molecular flexibility index (Phi) is 6.87. The highest BCUT2D eigenvalue weighted by atomic mass is 19.1. The maximum atomic E-state index is 13.4. The summed E-state index contributed by atoms with van der Waals surface area (Å²) in [5, 5.41) is 3.36. The summed E-state index contributed by atoms with van der Waals surface area (Å²) in [4.78, 5) is 0. The van der Waals surface area contributed by atoms with Crippen LogP contribution in [0.4, 0.5) is 4.39 Å². The molecule has 0 aromatic heterocycles. The number of nitrogens with one attached hydrogen (secondary N) is 1. The first-order chi connectivity index (χ1) is 8.27. The van der Waals surface area contributed by atoms with Gasteiger partial charge in [-0.15, -0.1) is 0 Å². The van der Waals surface area contributed by atoms with E-state index in [2.05, 4.69) is 19.2 Å². The highest BCUT2D eigenvalue weighted by Crippen LogP contribution is 2.12. The molecule has 1 aromatic rings. The van der Waals surface area contributed by atoms with Crippen LogP contribution in [0, 0.1) is 11.7 Å². The first kappa shape index (κ1) is 14.2. The van der Waals surface area contributed by atoms with Crippen molar-refractivity contribution in [2.45, 2.75) is 46.1 Å². The number of hydrogen-bond acceptors (Lipinski definition) is 1. The van der Waals surface area contributed by atoms with E-state index in [0.717, 1.165) is 18.0 Å². The molecule has 1 unspecified atom stereocenters. The molecule has 1 N–H and O–H groups in total. The van der Waals surface area contributed by atoms with Crippen LogP contribution in [0.5, 0.6) is 0 Å². The van der Waals surface area contributed by atoms with E-state index in [1.807, 2.05) is 12.1 Å². The molecule has 1 aromatic carbocycles. The van der Waals surface area contributed by atoms with Gasteiger partial charge in [0.1, 0.15) is 5.82 Å². The van der Waals surface area contributed by atoms with Crippen molar-refractivity contribution in [3.05, 3.63) is 35.6 Å². The van der Waals surface area contributed by atoms with Gasteiger partial charge >= 0.3 is 0 Å². The first-order valence-electron chi connectivity index (χ1n) is 6.72. The van der Waals surface area contributed by atoms with Crippen molar-refractivity contribution in [3.8, 4) is 0 Å². The molecule has 0 fully saturated rings. The van der Waals surface area contributed by atoms with E-state index >= 15 is 0 Å². The Morgan fingerprint density at radius 3 is 2.65 bits per heavy atom. The van der Waals surface area contributed by atoms with Gasteiger partial charge in [-0.2, -0.15) is 0 Å². The van der Waals surface area contributed by atoms with Gasteiger partial charge in [-0.05, 0) is 24.9 Å². The van der Waals surface area contributed by atoms with E-state index in [-0.39, 0.29) is 5.82 Å². The summed E-state index contributed by atoms with van der Waals surface area (Å²) in [6.07, 6.45) is 5.02. The zero-order valence-electron chi connectivity index (χ0n) is 11.0. The molecule has 1 atom stereocenters. The van der Waals surface area contributed by atoms with Crippen LogP contribution in [0.1, 0.15) is 45.1 Å². The van der Waals surface area contributed by atoms with Crippen LogP contribution in [-0.2, 0) is 6.54 Å². The number of unbranched alkanes of at least 4 members (excludes halogenated alkanes) is 1. The van der Waals surface area contributed by atoms with Crippen LogP contribution in [0.15, 0.2) is 24.3 Å². The average Bonchev–Trinajstić information content (AvgIpc) is 2.35. The second-order valence-electron chi connectivity index (χ2n) is 4.64. The van der Waals surface area contributed by atoms with Crippen LogP contribution in [0.25, 0.3) is 0 Å². The minimum atomic E-state index is -0.110. The fourth-order valence-electron chi connectivity index (χ4n) is 2.00. The Bertz CT molecular complexity index is 312. The molecule has 2 heteroatoms. The van der Waals surface area contributed by atoms with Crippen molar-refractivity contribution >= 4 is 0 Å². The van der Waals surface area contributed by atoms with Crippen molar-refractivity contribution in [2.75, 3.05) is 6.54 Å². The molecule has 0 radical (unpaired) electrons. The fraction of sp³-hybridized carbons (Fsp3) is 0.600. The summed E-state index contributed by atoms with van der Waals surface area (Å²) in [5.74, 6) is 0.614. The minimum Gasteiger partial charge on any atom is -0.312 e. The third-order valence-electron chi connectivity index (χ3n) is 3.25. The highest BCUT2D eigenvalue weighted by molar-refractivity contribution is 5.16. The molecule has 0 saturated carbocycles. The minimum absolute atomic E-state index is 0.110. The fourth-order valence-corrected chi connectivity index (χ4v) is 2.00. The highest BCUT2D eigenvalue weighted by Gasteiger charge is 2.06. The zero-order chi connectivity index (χ0) is 12.5. The summed E-state index contributed by atoms with van der Waals surface area (Å²) in [5.41, 5.74) is 0.762. The normalized spacial score (nSPS) is 12.6. The smallest absolute Gasteiger partial charge is 0.127 e. The Labute approximate surface area is 104 Å². The molecular weight excluding hydrogens is 213 g/mol. The molecule has 1 rings (SSSR count). The summed E-state index contributed by atoms with van der Waals surface area (Å²) >= 11 is 0. The Morgan fingerprint density at radius 1 is 1.24 bits per heavy atom. The molecule has 17 heavy (non-hydrogen) atoms. The van der Waals surface area contributed by atoms with E-state index in [1.54, 1.807) is 6.07 Å². The quantitative estimate of drug-likeness (QED) is 0.716. The van der Waals surface area contributed by atoms with Gasteiger partial charge < -0.3 is 5.32 Å². The van der Waals surface area contributed by atoms with E-state index in [0.29, 0.717) is 6.54 Å². The standard InChI is InChI=1S/C15H24FN/c1-3-5-8-13(4-2)11-17-12-14-9-6-7-10-15(14)16/h6-7,9-10,13,17H,3-5,8,11-12H2,1-2H3. The largest absolute Gasteiger partial charge is 0.312 e. The number of hydrogen-bond donors (Lipinski definition) is 1. The molecule has 0 heterocycles. The number of rotatable bonds is 8. The lowest BCUT2D eigenvalue weighted by molar-refractivity contribution is 0.417. The van der Waals surface area contributed by atoms with E-state index in [1.165, 1.54) is 31.7 Å². The van der Waals surface area contributed by atoms with E-state index < -0.39 is 0 Å². The Hall–Kier alpha value is -0.890. The average molecular weight is 237 g/mol. The molecule has 0 amide bonds. The molecule has 96 valence electrons. The van der Waals surface area contributed by atoms with Gasteiger partial charge in [0.25, 0.3) is 0 Å². The monoisotopic (exact) mass is 237 g/mol. The predicted molar refractivity (Wildman–Crippen MR) is 71.4 cm³/mol. The lowest BCUT2D eigenvalue weighted by atomic mass is 9.99. The van der Waals surface area contributed by atoms with Crippen LogP contribution in [0.3, 0.4) is 0 Å². The Morgan fingerprint density at radius 2 is 2.00 bits per heavy atom. The van der Waals surface area contributed by atoms with Gasteiger partial charge in [-0.25, -0.2) is 4.39 Å². The third kappa shape index (κ3) is 5.31. The SMILES string of the molecule is CCCCC(CC)CNCc1ccccc1F. The van der Waals surface area contributed by atoms with Crippen LogP contribution in [-0.4, -0.2) is 6.54 Å². The van der Waals surface area contributed by atoms with Crippen molar-refractivity contribution in [1.29, 1.82) is 0 Å². The lowest BCUT2D eigenvalue weighted by Gasteiger charge is -2.15. The topological polar surface area (TPSA) is 12.0 Å². The molecule has 0 saturated heterocycles. The first-order valence-corrected chi connectivity index (χ1v) is 6.72. The lowest BCUT2D eigenvalue weighted by Crippen LogP contribution is -2.22. The second-order valence-corrected chi connectivity index (χ2v) is 4.64. The summed E-state index contributed by atoms with van der Waals surface area (Å²) in [7, 11) is 0. The van der Waals surface area contributed by atoms with Gasteiger partial charge in [-0.3, -0.25) is 0 Å². The second kappa shape index (κ2) is 8.24. The third-order valence-corrected chi connectivity index (χ3v) is 3.25. The summed E-state index contributed by atoms with van der Waals surface area (Å²) in [6, 6.07) is 6.98. The summed E-state index contributed by atoms with van der Waals surface area (Å²) in [6.45, 7) is 6.07. The zero-order valence-corrected chi connectivity index (χ0v) is 11.0. The van der Waals surface area contributed by atoms with Gasteiger partial charge in [0.05, 0.1) is 0 Å². The maximum absolute atomic E-state index is 13.4. The van der Waals surface area contributed by atoms with Crippen molar-refractivity contribution in [2.24, 2.45) is 5.92 Å². The van der Waals surface area contributed by atoms with Crippen LogP contribution < -0.4 is 5.32 Å². The van der Waals surface area contributed by atoms with Crippen molar-refractivity contribution in [1.82, 2.24) is 5.32 Å². The van der Waals surface area contributed by atoms with E-state index in [9.17, 15) is 4.39 Å². The van der Waals surface area contributed by atoms with E-state index in [4.69, 9.17) is 0 Å². The van der Waals surface area contributed by atoms with Crippen molar-refractivity contribution in [3.63, 3.8) is 0 Å². The predicted octanol–water partition coefficient (Wildman–Crippen LogP) is 4.13. The molecule has 0 spiro atoms. The molecule has 1 nitrogen and oxygen atoms in total. The van der Waals surface area contributed by atoms with Gasteiger partial charge in [0, 0.05) is 12.1 Å². The van der Waals surface area contributed by atoms with Crippen LogP contribution >= 0.6 is 0 Å². The van der Waals surface area contributed by atoms with Gasteiger partial charge in [-0.1, -0.05) is 51.3 Å². The van der Waals surface area contributed by atoms with Crippen LogP contribution in [0.2, 0.25) is 0 Å². The van der Waals surface area contributed by atoms with Crippen molar-refractivity contribution < 1.29 is 4.39 Å². The van der Waals surface area contributed by atoms with Gasteiger partial charge in [0.2, 0.25) is 0 Å². The molecule has 0 aliphatic heterocycles.